The Kier molecular flexibility index (Phi) is 11.0. The van der Waals surface area contributed by atoms with E-state index >= 15 is 0 Å². The van der Waals surface area contributed by atoms with Crippen LogP contribution in [0.5, 0.6) is 0 Å². The van der Waals surface area contributed by atoms with Gasteiger partial charge >= 0.3 is 0 Å². The summed E-state index contributed by atoms with van der Waals surface area (Å²) in [5.41, 5.74) is 3.43. The van der Waals surface area contributed by atoms with Crippen molar-refractivity contribution in [3.63, 3.8) is 0 Å². The lowest BCUT2D eigenvalue weighted by Crippen LogP contribution is -1.90. The number of unbranched alkanes of at least 4 members (excludes halogenated alkanes) is 5. The molecule has 0 rings (SSSR count). The molecule has 0 aromatic carbocycles. The SMILES string of the molecule is CCCCCCC(C)=C(CC)CCCCC. The molecule has 16 heavy (non-hydrogen) atoms. The second-order valence-corrected chi connectivity index (χ2v) is 5.01. The van der Waals surface area contributed by atoms with Crippen LogP contribution in [-0.4, -0.2) is 0 Å². The lowest BCUT2D eigenvalue weighted by atomic mass is 9.96. The molecule has 0 heteroatoms. The van der Waals surface area contributed by atoms with Gasteiger partial charge in [0.15, 0.2) is 0 Å². The Balaban J connectivity index is 3.86. The lowest BCUT2D eigenvalue weighted by Gasteiger charge is -2.10. The fraction of sp³-hybridized carbons (Fsp3) is 0.875. The van der Waals surface area contributed by atoms with Crippen molar-refractivity contribution >= 4 is 0 Å². The van der Waals surface area contributed by atoms with Gasteiger partial charge in [0, 0.05) is 0 Å². The standard InChI is InChI=1S/C16H32/c1-5-8-10-12-13-15(4)16(7-3)14-11-9-6-2/h5-14H2,1-4H3. The fourth-order valence-corrected chi connectivity index (χ4v) is 2.27. The molecule has 0 unspecified atom stereocenters. The molecule has 0 fully saturated rings. The van der Waals surface area contributed by atoms with Crippen LogP contribution in [0.4, 0.5) is 0 Å². The van der Waals surface area contributed by atoms with Crippen molar-refractivity contribution in [1.82, 2.24) is 0 Å². The van der Waals surface area contributed by atoms with E-state index in [1.54, 1.807) is 11.1 Å². The summed E-state index contributed by atoms with van der Waals surface area (Å²) in [7, 11) is 0. The molecule has 0 bridgehead atoms. The Morgan fingerprint density at radius 3 is 1.81 bits per heavy atom. The van der Waals surface area contributed by atoms with Gasteiger partial charge in [0.2, 0.25) is 0 Å². The van der Waals surface area contributed by atoms with E-state index in [0.29, 0.717) is 0 Å². The molecule has 0 aromatic heterocycles. The summed E-state index contributed by atoms with van der Waals surface area (Å²) in [6.45, 7) is 9.24. The van der Waals surface area contributed by atoms with Crippen molar-refractivity contribution in [2.24, 2.45) is 0 Å². The molecule has 0 aliphatic rings. The molecular formula is C16H32. The van der Waals surface area contributed by atoms with Crippen LogP contribution >= 0.6 is 0 Å². The minimum absolute atomic E-state index is 1.27. The van der Waals surface area contributed by atoms with E-state index in [1.165, 1.54) is 64.2 Å². The third-order valence-corrected chi connectivity index (χ3v) is 3.52. The maximum absolute atomic E-state index is 2.36. The Hall–Kier alpha value is -0.260. The molecule has 0 saturated carbocycles. The summed E-state index contributed by atoms with van der Waals surface area (Å²) < 4.78 is 0. The van der Waals surface area contributed by atoms with Gasteiger partial charge in [-0.2, -0.15) is 0 Å². The molecule has 0 spiro atoms. The van der Waals surface area contributed by atoms with Gasteiger partial charge in [0.25, 0.3) is 0 Å². The first-order valence-corrected chi connectivity index (χ1v) is 7.43. The summed E-state index contributed by atoms with van der Waals surface area (Å²) in [5.74, 6) is 0. The molecule has 0 heterocycles. The molecule has 0 aliphatic carbocycles. The predicted octanol–water partition coefficient (Wildman–Crippen LogP) is 6.26. The number of hydrogen-bond donors (Lipinski definition) is 0. The Morgan fingerprint density at radius 2 is 1.25 bits per heavy atom. The van der Waals surface area contributed by atoms with Crippen molar-refractivity contribution in [3.8, 4) is 0 Å². The highest BCUT2D eigenvalue weighted by Crippen LogP contribution is 2.21. The van der Waals surface area contributed by atoms with E-state index < -0.39 is 0 Å². The monoisotopic (exact) mass is 224 g/mol. The van der Waals surface area contributed by atoms with E-state index in [1.807, 2.05) is 0 Å². The van der Waals surface area contributed by atoms with Crippen LogP contribution in [0.25, 0.3) is 0 Å². The lowest BCUT2D eigenvalue weighted by molar-refractivity contribution is 0.651. The summed E-state index contributed by atoms with van der Waals surface area (Å²) in [4.78, 5) is 0. The van der Waals surface area contributed by atoms with Gasteiger partial charge < -0.3 is 0 Å². The molecule has 96 valence electrons. The number of allylic oxidation sites excluding steroid dienone is 2. The molecule has 0 saturated heterocycles. The van der Waals surface area contributed by atoms with E-state index in [-0.39, 0.29) is 0 Å². The van der Waals surface area contributed by atoms with E-state index in [9.17, 15) is 0 Å². The summed E-state index contributed by atoms with van der Waals surface area (Å²) >= 11 is 0. The fourth-order valence-electron chi connectivity index (χ4n) is 2.27. The van der Waals surface area contributed by atoms with Gasteiger partial charge in [0.05, 0.1) is 0 Å². The average Bonchev–Trinajstić information content (AvgIpc) is 2.30. The van der Waals surface area contributed by atoms with Crippen LogP contribution in [0.3, 0.4) is 0 Å². The van der Waals surface area contributed by atoms with E-state index in [4.69, 9.17) is 0 Å². The second-order valence-electron chi connectivity index (χ2n) is 5.01. The third-order valence-electron chi connectivity index (χ3n) is 3.52. The van der Waals surface area contributed by atoms with Crippen molar-refractivity contribution in [1.29, 1.82) is 0 Å². The van der Waals surface area contributed by atoms with E-state index in [2.05, 4.69) is 27.7 Å². The quantitative estimate of drug-likeness (QED) is 0.303. The highest BCUT2D eigenvalue weighted by Gasteiger charge is 2.00. The average molecular weight is 224 g/mol. The van der Waals surface area contributed by atoms with Crippen LogP contribution < -0.4 is 0 Å². The zero-order chi connectivity index (χ0) is 12.2. The van der Waals surface area contributed by atoms with Crippen molar-refractivity contribution in [2.75, 3.05) is 0 Å². The summed E-state index contributed by atoms with van der Waals surface area (Å²) in [5, 5.41) is 0. The van der Waals surface area contributed by atoms with Crippen LogP contribution in [0.15, 0.2) is 11.1 Å². The maximum atomic E-state index is 2.36. The zero-order valence-corrected chi connectivity index (χ0v) is 12.1. The molecule has 0 amide bonds. The van der Waals surface area contributed by atoms with Gasteiger partial charge in [0.1, 0.15) is 0 Å². The van der Waals surface area contributed by atoms with Gasteiger partial charge in [-0.1, -0.05) is 64.0 Å². The first kappa shape index (κ1) is 15.7. The van der Waals surface area contributed by atoms with Crippen LogP contribution in [0.2, 0.25) is 0 Å². The Morgan fingerprint density at radius 1 is 0.688 bits per heavy atom. The first-order chi connectivity index (χ1) is 7.76. The van der Waals surface area contributed by atoms with Gasteiger partial charge in [-0.05, 0) is 39.0 Å². The first-order valence-electron chi connectivity index (χ1n) is 7.43. The van der Waals surface area contributed by atoms with Gasteiger partial charge in [-0.15, -0.1) is 0 Å². The van der Waals surface area contributed by atoms with Gasteiger partial charge in [-0.3, -0.25) is 0 Å². The molecule has 0 aliphatic heterocycles. The van der Waals surface area contributed by atoms with Crippen LogP contribution in [0, 0.1) is 0 Å². The molecule has 0 atom stereocenters. The summed E-state index contributed by atoms with van der Waals surface area (Å²) in [6.07, 6.45) is 13.7. The van der Waals surface area contributed by atoms with Crippen LogP contribution in [-0.2, 0) is 0 Å². The maximum Gasteiger partial charge on any atom is -0.0318 e. The molecule has 0 N–H and O–H groups in total. The third kappa shape index (κ3) is 7.96. The second kappa shape index (κ2) is 11.2. The number of hydrogen-bond acceptors (Lipinski definition) is 0. The normalized spacial score (nSPS) is 12.8. The Bertz CT molecular complexity index is 176. The van der Waals surface area contributed by atoms with Gasteiger partial charge in [-0.25, -0.2) is 0 Å². The number of rotatable bonds is 10. The highest BCUT2D eigenvalue weighted by atomic mass is 14.1. The minimum Gasteiger partial charge on any atom is -0.0741 e. The van der Waals surface area contributed by atoms with E-state index in [0.717, 1.165) is 0 Å². The predicted molar refractivity (Wildman–Crippen MR) is 75.9 cm³/mol. The summed E-state index contributed by atoms with van der Waals surface area (Å²) in [6, 6.07) is 0. The molecule has 0 radical (unpaired) electrons. The highest BCUT2D eigenvalue weighted by molar-refractivity contribution is 5.11. The van der Waals surface area contributed by atoms with Crippen LogP contribution in [0.1, 0.15) is 91.9 Å². The zero-order valence-electron chi connectivity index (χ0n) is 12.1. The topological polar surface area (TPSA) is 0 Å². The van der Waals surface area contributed by atoms with Crippen molar-refractivity contribution in [3.05, 3.63) is 11.1 Å². The molecule has 0 nitrogen and oxygen atoms in total. The van der Waals surface area contributed by atoms with Crippen molar-refractivity contribution in [2.45, 2.75) is 91.9 Å². The Labute approximate surface area is 104 Å². The smallest absolute Gasteiger partial charge is 0.0318 e. The van der Waals surface area contributed by atoms with Crippen molar-refractivity contribution < 1.29 is 0 Å². The molecule has 0 aromatic rings. The minimum atomic E-state index is 1.27. The largest absolute Gasteiger partial charge is 0.0741 e. The molecular weight excluding hydrogens is 192 g/mol.